The molecule has 1 unspecified atom stereocenters. The molecular weight excluding hydrogens is 200 g/mol. The molecule has 0 aromatic rings. The van der Waals surface area contributed by atoms with Crippen molar-refractivity contribution in [3.63, 3.8) is 0 Å². The number of amides is 1. The van der Waals surface area contributed by atoms with E-state index in [0.717, 1.165) is 19.4 Å². The van der Waals surface area contributed by atoms with Crippen molar-refractivity contribution in [3.05, 3.63) is 0 Å². The van der Waals surface area contributed by atoms with Crippen molar-refractivity contribution in [1.29, 1.82) is 5.26 Å². The van der Waals surface area contributed by atoms with Gasteiger partial charge in [-0.3, -0.25) is 4.79 Å². The Morgan fingerprint density at radius 1 is 1.71 bits per heavy atom. The monoisotopic (exact) mass is 214 g/mol. The molecule has 4 nitrogen and oxygen atoms in total. The van der Waals surface area contributed by atoms with Gasteiger partial charge in [-0.25, -0.2) is 0 Å². The van der Waals surface area contributed by atoms with Crippen LogP contribution in [0.15, 0.2) is 0 Å². The number of aliphatic hydroxyl groups is 1. The molecule has 0 spiro atoms. The highest BCUT2D eigenvalue weighted by Crippen LogP contribution is 2.17. The highest BCUT2D eigenvalue weighted by atomic mass is 32.2. The first-order chi connectivity index (χ1) is 6.79. The lowest BCUT2D eigenvalue weighted by Crippen LogP contribution is -2.38. The van der Waals surface area contributed by atoms with E-state index >= 15 is 0 Å². The number of carbonyl (C=O) groups excluding carboxylic acids is 1. The van der Waals surface area contributed by atoms with Crippen molar-refractivity contribution in [2.24, 2.45) is 0 Å². The van der Waals surface area contributed by atoms with E-state index in [-0.39, 0.29) is 18.6 Å². The topological polar surface area (TPSA) is 64.3 Å². The number of carbonyl (C=O) groups is 1. The lowest BCUT2D eigenvalue weighted by Gasteiger charge is -2.22. The van der Waals surface area contributed by atoms with Gasteiger partial charge in [-0.1, -0.05) is 0 Å². The maximum atomic E-state index is 11.6. The molecule has 1 fully saturated rings. The third-order valence-corrected chi connectivity index (χ3v) is 3.08. The van der Waals surface area contributed by atoms with E-state index in [0.29, 0.717) is 11.5 Å². The Labute approximate surface area is 87.9 Å². The molecule has 78 valence electrons. The lowest BCUT2D eigenvalue weighted by molar-refractivity contribution is -0.129. The second-order valence-corrected chi connectivity index (χ2v) is 4.20. The summed E-state index contributed by atoms with van der Waals surface area (Å²) in [5.74, 6) is 0.745. The van der Waals surface area contributed by atoms with Crippen LogP contribution in [-0.4, -0.2) is 46.6 Å². The number of hydrogen-bond acceptors (Lipinski definition) is 4. The zero-order chi connectivity index (χ0) is 10.4. The number of nitriles is 1. The first-order valence-corrected chi connectivity index (χ1v) is 5.80. The molecule has 0 aromatic heterocycles. The summed E-state index contributed by atoms with van der Waals surface area (Å²) in [6, 6.07) is 1.99. The minimum atomic E-state index is 0.00480. The average Bonchev–Trinajstić information content (AvgIpc) is 2.65. The molecule has 0 aliphatic carbocycles. The fourth-order valence-electron chi connectivity index (χ4n) is 1.62. The van der Waals surface area contributed by atoms with Crippen molar-refractivity contribution in [3.8, 4) is 6.07 Å². The molecule has 1 rings (SSSR count). The van der Waals surface area contributed by atoms with Gasteiger partial charge in [0.15, 0.2) is 0 Å². The van der Waals surface area contributed by atoms with Crippen LogP contribution in [0.5, 0.6) is 0 Å². The fraction of sp³-hybridized carbons (Fsp3) is 0.778. The van der Waals surface area contributed by atoms with Gasteiger partial charge >= 0.3 is 0 Å². The highest BCUT2D eigenvalue weighted by Gasteiger charge is 2.27. The molecule has 1 N–H and O–H groups in total. The van der Waals surface area contributed by atoms with Gasteiger partial charge in [-0.15, -0.1) is 11.8 Å². The van der Waals surface area contributed by atoms with Gasteiger partial charge in [0.2, 0.25) is 5.91 Å². The second kappa shape index (κ2) is 5.89. The minimum Gasteiger partial charge on any atom is -0.394 e. The van der Waals surface area contributed by atoms with Crippen LogP contribution < -0.4 is 0 Å². The smallest absolute Gasteiger partial charge is 0.232 e. The predicted molar refractivity (Wildman–Crippen MR) is 54.8 cm³/mol. The molecule has 0 bridgehead atoms. The number of nitrogens with zero attached hydrogens (tertiary/aromatic N) is 2. The SMILES string of the molecule is N#CCSCC(=O)N1CCCC1CO. The van der Waals surface area contributed by atoms with Crippen LogP contribution in [0.25, 0.3) is 0 Å². The van der Waals surface area contributed by atoms with E-state index in [1.807, 2.05) is 6.07 Å². The number of aliphatic hydroxyl groups excluding tert-OH is 1. The van der Waals surface area contributed by atoms with Crippen LogP contribution in [-0.2, 0) is 4.79 Å². The first kappa shape index (κ1) is 11.3. The van der Waals surface area contributed by atoms with Crippen molar-refractivity contribution in [2.75, 3.05) is 24.7 Å². The van der Waals surface area contributed by atoms with E-state index in [9.17, 15) is 4.79 Å². The van der Waals surface area contributed by atoms with Gasteiger partial charge in [0.25, 0.3) is 0 Å². The van der Waals surface area contributed by atoms with Crippen LogP contribution in [0.1, 0.15) is 12.8 Å². The van der Waals surface area contributed by atoms with Crippen LogP contribution in [0.4, 0.5) is 0 Å². The van der Waals surface area contributed by atoms with Crippen LogP contribution in [0.2, 0.25) is 0 Å². The average molecular weight is 214 g/mol. The van der Waals surface area contributed by atoms with Crippen molar-refractivity contribution in [1.82, 2.24) is 4.90 Å². The molecule has 0 saturated carbocycles. The summed E-state index contributed by atoms with van der Waals surface area (Å²) in [5, 5.41) is 17.3. The number of hydrogen-bond donors (Lipinski definition) is 1. The maximum Gasteiger partial charge on any atom is 0.232 e. The summed E-state index contributed by atoms with van der Waals surface area (Å²) in [7, 11) is 0. The summed E-state index contributed by atoms with van der Waals surface area (Å²) >= 11 is 1.33. The Kier molecular flexibility index (Phi) is 4.77. The van der Waals surface area contributed by atoms with Gasteiger partial charge in [-0.05, 0) is 12.8 Å². The maximum absolute atomic E-state index is 11.6. The molecule has 1 amide bonds. The molecule has 1 aliphatic heterocycles. The molecule has 5 heteroatoms. The summed E-state index contributed by atoms with van der Waals surface area (Å²) in [6.07, 6.45) is 1.87. The standard InChI is InChI=1S/C9H14N2O2S/c10-3-5-14-7-9(13)11-4-1-2-8(11)6-12/h8,12H,1-2,4-7H2. The number of thioether (sulfide) groups is 1. The van der Waals surface area contributed by atoms with E-state index in [1.54, 1.807) is 4.90 Å². The van der Waals surface area contributed by atoms with Crippen LogP contribution >= 0.6 is 11.8 Å². The first-order valence-electron chi connectivity index (χ1n) is 4.64. The Balaban J connectivity index is 2.32. The highest BCUT2D eigenvalue weighted by molar-refractivity contribution is 8.00. The Morgan fingerprint density at radius 2 is 2.50 bits per heavy atom. The molecular formula is C9H14N2O2S. The van der Waals surface area contributed by atoms with Crippen molar-refractivity contribution < 1.29 is 9.90 Å². The molecule has 0 radical (unpaired) electrons. The molecule has 1 saturated heterocycles. The van der Waals surface area contributed by atoms with Crippen LogP contribution in [0.3, 0.4) is 0 Å². The molecule has 1 atom stereocenters. The van der Waals surface area contributed by atoms with E-state index in [2.05, 4.69) is 0 Å². The number of likely N-dealkylation sites (tertiary alicyclic amines) is 1. The van der Waals surface area contributed by atoms with Gasteiger partial charge in [0, 0.05) is 6.54 Å². The summed E-state index contributed by atoms with van der Waals surface area (Å²) in [5.41, 5.74) is 0. The fourth-order valence-corrected chi connectivity index (χ4v) is 2.15. The Bertz CT molecular complexity index is 239. The molecule has 0 aromatic carbocycles. The largest absolute Gasteiger partial charge is 0.394 e. The quantitative estimate of drug-likeness (QED) is 0.680. The molecule has 1 aliphatic rings. The van der Waals surface area contributed by atoms with E-state index in [4.69, 9.17) is 10.4 Å². The Hall–Kier alpha value is -0.730. The predicted octanol–water partition coefficient (Wildman–Crippen LogP) is 0.226. The van der Waals surface area contributed by atoms with Crippen LogP contribution in [0, 0.1) is 11.3 Å². The lowest BCUT2D eigenvalue weighted by atomic mass is 10.2. The summed E-state index contributed by atoms with van der Waals surface area (Å²) < 4.78 is 0. The van der Waals surface area contributed by atoms with Crippen molar-refractivity contribution >= 4 is 17.7 Å². The van der Waals surface area contributed by atoms with Crippen molar-refractivity contribution in [2.45, 2.75) is 18.9 Å². The summed E-state index contributed by atoms with van der Waals surface area (Å²) in [6.45, 7) is 0.797. The second-order valence-electron chi connectivity index (χ2n) is 3.22. The normalized spacial score (nSPS) is 20.9. The van der Waals surface area contributed by atoms with Gasteiger partial charge in [-0.2, -0.15) is 5.26 Å². The van der Waals surface area contributed by atoms with Gasteiger partial charge in [0.05, 0.1) is 30.2 Å². The van der Waals surface area contributed by atoms with E-state index < -0.39 is 0 Å². The Morgan fingerprint density at radius 3 is 3.14 bits per heavy atom. The minimum absolute atomic E-state index is 0.00480. The van der Waals surface area contributed by atoms with Gasteiger partial charge < -0.3 is 10.0 Å². The third kappa shape index (κ3) is 2.89. The molecule has 14 heavy (non-hydrogen) atoms. The molecule has 1 heterocycles. The summed E-state index contributed by atoms with van der Waals surface area (Å²) in [4.78, 5) is 13.3. The zero-order valence-corrected chi connectivity index (χ0v) is 8.79. The number of rotatable bonds is 4. The van der Waals surface area contributed by atoms with Gasteiger partial charge in [0.1, 0.15) is 0 Å². The van der Waals surface area contributed by atoms with E-state index in [1.165, 1.54) is 11.8 Å². The third-order valence-electron chi connectivity index (χ3n) is 2.30. The zero-order valence-electron chi connectivity index (χ0n) is 7.98.